The van der Waals surface area contributed by atoms with Gasteiger partial charge in [-0.25, -0.2) is 0 Å². The lowest BCUT2D eigenvalue weighted by Crippen LogP contribution is -2.12. The molecule has 1 saturated carbocycles. The SMILES string of the molecule is C/C=C\c1ccc(C2CCC(c3ccc(COCCC)cc3)CC2)cc1. The van der Waals surface area contributed by atoms with Crippen LogP contribution in [-0.4, -0.2) is 6.61 Å². The summed E-state index contributed by atoms with van der Waals surface area (Å²) in [6, 6.07) is 18.3. The summed E-state index contributed by atoms with van der Waals surface area (Å²) < 4.78 is 5.64. The molecule has 1 aliphatic carbocycles. The van der Waals surface area contributed by atoms with Gasteiger partial charge >= 0.3 is 0 Å². The van der Waals surface area contributed by atoms with Crippen LogP contribution in [0.3, 0.4) is 0 Å². The molecule has 0 atom stereocenters. The Morgan fingerprint density at radius 1 is 0.846 bits per heavy atom. The summed E-state index contributed by atoms with van der Waals surface area (Å²) in [6.45, 7) is 5.81. The number of hydrogen-bond acceptors (Lipinski definition) is 1. The minimum Gasteiger partial charge on any atom is -0.377 e. The average Bonchev–Trinajstić information content (AvgIpc) is 2.70. The van der Waals surface area contributed by atoms with Crippen LogP contribution in [0.2, 0.25) is 0 Å². The van der Waals surface area contributed by atoms with Crippen LogP contribution in [0.4, 0.5) is 0 Å². The fourth-order valence-electron chi connectivity index (χ4n) is 4.05. The third-order valence-electron chi connectivity index (χ3n) is 5.56. The maximum atomic E-state index is 5.64. The minimum absolute atomic E-state index is 0.721. The van der Waals surface area contributed by atoms with E-state index in [1.165, 1.54) is 47.9 Å². The molecule has 1 heteroatoms. The first-order valence-corrected chi connectivity index (χ1v) is 10.2. The molecule has 0 bridgehead atoms. The molecule has 0 heterocycles. The molecular weight excluding hydrogens is 316 g/mol. The summed E-state index contributed by atoms with van der Waals surface area (Å²) in [5.41, 5.74) is 5.61. The van der Waals surface area contributed by atoms with E-state index in [4.69, 9.17) is 4.74 Å². The standard InChI is InChI=1S/C25H32O/c1-3-5-20-6-10-22(11-7-20)24-14-16-25(17-15-24)23-12-8-21(9-13-23)19-26-18-4-2/h3,5-13,24-25H,4,14-19H2,1-2H3/b5-3-. The Kier molecular flexibility index (Phi) is 7.08. The van der Waals surface area contributed by atoms with Crippen LogP contribution in [0.5, 0.6) is 0 Å². The molecule has 1 aliphatic rings. The molecule has 0 spiro atoms. The molecule has 1 nitrogen and oxygen atoms in total. The molecule has 138 valence electrons. The van der Waals surface area contributed by atoms with Crippen molar-refractivity contribution < 1.29 is 4.74 Å². The molecule has 26 heavy (non-hydrogen) atoms. The van der Waals surface area contributed by atoms with Crippen molar-refractivity contribution in [1.29, 1.82) is 0 Å². The monoisotopic (exact) mass is 348 g/mol. The van der Waals surface area contributed by atoms with E-state index in [9.17, 15) is 0 Å². The summed E-state index contributed by atoms with van der Waals surface area (Å²) in [7, 11) is 0. The van der Waals surface area contributed by atoms with Gasteiger partial charge in [0.2, 0.25) is 0 Å². The van der Waals surface area contributed by atoms with Crippen molar-refractivity contribution in [2.45, 2.75) is 64.4 Å². The van der Waals surface area contributed by atoms with Gasteiger partial charge in [-0.05, 0) is 73.1 Å². The molecule has 0 N–H and O–H groups in total. The van der Waals surface area contributed by atoms with Gasteiger partial charge in [0.25, 0.3) is 0 Å². The Balaban J connectivity index is 1.53. The second-order valence-corrected chi connectivity index (χ2v) is 7.51. The van der Waals surface area contributed by atoms with E-state index >= 15 is 0 Å². The first-order valence-electron chi connectivity index (χ1n) is 10.2. The summed E-state index contributed by atoms with van der Waals surface area (Å²) in [4.78, 5) is 0. The summed E-state index contributed by atoms with van der Waals surface area (Å²) >= 11 is 0. The fourth-order valence-corrected chi connectivity index (χ4v) is 4.05. The molecule has 2 aromatic carbocycles. The second kappa shape index (κ2) is 9.73. The van der Waals surface area contributed by atoms with Gasteiger partial charge in [0.05, 0.1) is 6.61 Å². The zero-order chi connectivity index (χ0) is 18.2. The number of ether oxygens (including phenoxy) is 1. The molecule has 1 fully saturated rings. The lowest BCUT2D eigenvalue weighted by Gasteiger charge is -2.29. The van der Waals surface area contributed by atoms with E-state index in [1.54, 1.807) is 0 Å². The van der Waals surface area contributed by atoms with Gasteiger partial charge in [0.15, 0.2) is 0 Å². The predicted octanol–water partition coefficient (Wildman–Crippen LogP) is 7.09. The first kappa shape index (κ1) is 18.9. The maximum absolute atomic E-state index is 5.64. The number of hydrogen-bond donors (Lipinski definition) is 0. The zero-order valence-electron chi connectivity index (χ0n) is 16.3. The van der Waals surface area contributed by atoms with E-state index in [2.05, 4.69) is 74.5 Å². The van der Waals surface area contributed by atoms with Gasteiger partial charge in [0.1, 0.15) is 0 Å². The zero-order valence-corrected chi connectivity index (χ0v) is 16.3. The quantitative estimate of drug-likeness (QED) is 0.485. The van der Waals surface area contributed by atoms with Crippen LogP contribution in [0.15, 0.2) is 54.6 Å². The summed E-state index contributed by atoms with van der Waals surface area (Å²) in [5.74, 6) is 1.45. The third kappa shape index (κ3) is 5.08. The first-order chi connectivity index (χ1) is 12.8. The second-order valence-electron chi connectivity index (χ2n) is 7.51. The molecular formula is C25H32O. The average molecular weight is 349 g/mol. The summed E-state index contributed by atoms with van der Waals surface area (Å²) in [5, 5.41) is 0. The molecule has 2 aromatic rings. The molecule has 0 unspecified atom stereocenters. The van der Waals surface area contributed by atoms with Crippen molar-refractivity contribution >= 4 is 6.08 Å². The fraction of sp³-hybridized carbons (Fsp3) is 0.440. The van der Waals surface area contributed by atoms with Crippen LogP contribution in [-0.2, 0) is 11.3 Å². The highest BCUT2D eigenvalue weighted by Gasteiger charge is 2.23. The van der Waals surface area contributed by atoms with E-state index < -0.39 is 0 Å². The Labute approximate surface area is 159 Å². The van der Waals surface area contributed by atoms with Crippen molar-refractivity contribution in [3.05, 3.63) is 76.9 Å². The van der Waals surface area contributed by atoms with Crippen LogP contribution in [0.25, 0.3) is 6.08 Å². The van der Waals surface area contributed by atoms with Crippen molar-refractivity contribution in [3.8, 4) is 0 Å². The van der Waals surface area contributed by atoms with Crippen molar-refractivity contribution in [1.82, 2.24) is 0 Å². The molecule has 0 radical (unpaired) electrons. The molecule has 0 saturated heterocycles. The van der Waals surface area contributed by atoms with E-state index in [0.29, 0.717) is 0 Å². The number of benzene rings is 2. The highest BCUT2D eigenvalue weighted by molar-refractivity contribution is 5.49. The topological polar surface area (TPSA) is 9.23 Å². The molecule has 3 rings (SSSR count). The van der Waals surface area contributed by atoms with Gasteiger partial charge in [-0.3, -0.25) is 0 Å². The maximum Gasteiger partial charge on any atom is 0.0716 e. The predicted molar refractivity (Wildman–Crippen MR) is 111 cm³/mol. The Morgan fingerprint density at radius 3 is 1.88 bits per heavy atom. The van der Waals surface area contributed by atoms with Gasteiger partial charge in [-0.15, -0.1) is 0 Å². The normalized spacial score (nSPS) is 20.5. The Bertz CT molecular complexity index is 673. The number of rotatable bonds is 7. The molecule has 0 amide bonds. The van der Waals surface area contributed by atoms with Gasteiger partial charge in [-0.2, -0.15) is 0 Å². The number of allylic oxidation sites excluding steroid dienone is 1. The smallest absolute Gasteiger partial charge is 0.0716 e. The van der Waals surface area contributed by atoms with E-state index in [1.807, 2.05) is 0 Å². The van der Waals surface area contributed by atoms with Crippen molar-refractivity contribution in [2.75, 3.05) is 6.61 Å². The van der Waals surface area contributed by atoms with Crippen LogP contribution < -0.4 is 0 Å². The van der Waals surface area contributed by atoms with E-state index in [-0.39, 0.29) is 0 Å². The van der Waals surface area contributed by atoms with Crippen LogP contribution in [0.1, 0.15) is 80.0 Å². The van der Waals surface area contributed by atoms with Crippen molar-refractivity contribution in [3.63, 3.8) is 0 Å². The third-order valence-corrected chi connectivity index (χ3v) is 5.56. The minimum atomic E-state index is 0.721. The lowest BCUT2D eigenvalue weighted by molar-refractivity contribution is 0.121. The Hall–Kier alpha value is -1.86. The van der Waals surface area contributed by atoms with Crippen LogP contribution in [0, 0.1) is 0 Å². The Morgan fingerprint density at radius 2 is 1.38 bits per heavy atom. The molecule has 0 aromatic heterocycles. The summed E-state index contributed by atoms with van der Waals surface area (Å²) in [6.07, 6.45) is 10.5. The molecule has 0 aliphatic heterocycles. The van der Waals surface area contributed by atoms with Gasteiger partial charge in [0, 0.05) is 6.61 Å². The van der Waals surface area contributed by atoms with Crippen molar-refractivity contribution in [2.24, 2.45) is 0 Å². The largest absolute Gasteiger partial charge is 0.377 e. The van der Waals surface area contributed by atoms with Gasteiger partial charge < -0.3 is 4.74 Å². The van der Waals surface area contributed by atoms with Crippen LogP contribution >= 0.6 is 0 Å². The highest BCUT2D eigenvalue weighted by atomic mass is 16.5. The highest BCUT2D eigenvalue weighted by Crippen LogP contribution is 2.40. The van der Waals surface area contributed by atoms with Gasteiger partial charge in [-0.1, -0.05) is 67.6 Å². The van der Waals surface area contributed by atoms with E-state index in [0.717, 1.165) is 31.5 Å². The lowest BCUT2D eigenvalue weighted by atomic mass is 9.76.